The fourth-order valence-corrected chi connectivity index (χ4v) is 1.72. The number of aliphatic hydroxyl groups excluding tert-OH is 1. The summed E-state index contributed by atoms with van der Waals surface area (Å²) < 4.78 is 5.49. The van der Waals surface area contributed by atoms with Crippen LogP contribution in [-0.4, -0.2) is 42.4 Å². The molecule has 1 aromatic carbocycles. The van der Waals surface area contributed by atoms with Gasteiger partial charge in [0.05, 0.1) is 19.3 Å². The first-order valence-corrected chi connectivity index (χ1v) is 6.28. The van der Waals surface area contributed by atoms with Crippen molar-refractivity contribution in [2.45, 2.75) is 26.6 Å². The molecule has 0 spiro atoms. The van der Waals surface area contributed by atoms with Crippen LogP contribution in [0, 0.1) is 0 Å². The quantitative estimate of drug-likeness (QED) is 0.749. The van der Waals surface area contributed by atoms with E-state index in [1.54, 1.807) is 0 Å². The van der Waals surface area contributed by atoms with Gasteiger partial charge in [0.2, 0.25) is 0 Å². The minimum Gasteiger partial charge on any atom is -0.389 e. The molecular formula is C14H23NO2. The summed E-state index contributed by atoms with van der Waals surface area (Å²) in [5.74, 6) is 0. The molecule has 1 atom stereocenters. The number of rotatable bonds is 8. The minimum atomic E-state index is -0.404. The molecule has 0 heterocycles. The molecule has 0 saturated carbocycles. The maximum Gasteiger partial charge on any atom is 0.0900 e. The fraction of sp³-hybridized carbons (Fsp3) is 0.571. The Labute approximate surface area is 104 Å². The number of likely N-dealkylation sites (N-methyl/N-ethyl adjacent to an activating group) is 1. The van der Waals surface area contributed by atoms with Crippen molar-refractivity contribution in [3.63, 3.8) is 0 Å². The van der Waals surface area contributed by atoms with Crippen molar-refractivity contribution in [1.82, 2.24) is 4.90 Å². The monoisotopic (exact) mass is 237 g/mol. The van der Waals surface area contributed by atoms with Crippen molar-refractivity contribution in [2.24, 2.45) is 0 Å². The van der Waals surface area contributed by atoms with Crippen molar-refractivity contribution in [3.05, 3.63) is 35.9 Å². The standard InChI is InChI=1S/C14H23NO2/c1-3-15(4-2)10-14(16)12-17-11-13-8-6-5-7-9-13/h5-9,14,16H,3-4,10-12H2,1-2H3. The summed E-state index contributed by atoms with van der Waals surface area (Å²) in [4.78, 5) is 2.19. The van der Waals surface area contributed by atoms with Crippen LogP contribution in [0.2, 0.25) is 0 Å². The van der Waals surface area contributed by atoms with Gasteiger partial charge in [-0.25, -0.2) is 0 Å². The number of hydrogen-bond donors (Lipinski definition) is 1. The zero-order valence-electron chi connectivity index (χ0n) is 10.8. The van der Waals surface area contributed by atoms with Crippen LogP contribution in [0.4, 0.5) is 0 Å². The summed E-state index contributed by atoms with van der Waals surface area (Å²) in [7, 11) is 0. The van der Waals surface area contributed by atoms with E-state index in [0.717, 1.165) is 18.7 Å². The van der Waals surface area contributed by atoms with Gasteiger partial charge < -0.3 is 14.7 Å². The van der Waals surface area contributed by atoms with Crippen LogP contribution < -0.4 is 0 Å². The molecule has 0 aromatic heterocycles. The highest BCUT2D eigenvalue weighted by Crippen LogP contribution is 2.01. The molecule has 96 valence electrons. The Kier molecular flexibility index (Phi) is 6.86. The lowest BCUT2D eigenvalue weighted by Gasteiger charge is -2.21. The molecule has 0 aliphatic heterocycles. The lowest BCUT2D eigenvalue weighted by atomic mass is 10.2. The van der Waals surface area contributed by atoms with Crippen molar-refractivity contribution in [2.75, 3.05) is 26.2 Å². The lowest BCUT2D eigenvalue weighted by Crippen LogP contribution is -2.34. The molecule has 0 amide bonds. The molecule has 1 N–H and O–H groups in total. The van der Waals surface area contributed by atoms with Crippen LogP contribution in [-0.2, 0) is 11.3 Å². The first kappa shape index (κ1) is 14.2. The second-order valence-electron chi connectivity index (χ2n) is 4.14. The van der Waals surface area contributed by atoms with Gasteiger partial charge in [-0.2, -0.15) is 0 Å². The van der Waals surface area contributed by atoms with E-state index >= 15 is 0 Å². The molecule has 1 rings (SSSR count). The van der Waals surface area contributed by atoms with Crippen molar-refractivity contribution in [3.8, 4) is 0 Å². The average molecular weight is 237 g/mol. The van der Waals surface area contributed by atoms with Gasteiger partial charge in [-0.15, -0.1) is 0 Å². The van der Waals surface area contributed by atoms with Gasteiger partial charge >= 0.3 is 0 Å². The van der Waals surface area contributed by atoms with E-state index < -0.39 is 6.10 Å². The zero-order valence-corrected chi connectivity index (χ0v) is 10.8. The average Bonchev–Trinajstić information content (AvgIpc) is 2.37. The highest BCUT2D eigenvalue weighted by atomic mass is 16.5. The van der Waals surface area contributed by atoms with Crippen molar-refractivity contribution in [1.29, 1.82) is 0 Å². The summed E-state index contributed by atoms with van der Waals surface area (Å²) in [6.07, 6.45) is -0.404. The molecular weight excluding hydrogens is 214 g/mol. The number of nitrogens with zero attached hydrogens (tertiary/aromatic N) is 1. The Morgan fingerprint density at radius 3 is 2.41 bits per heavy atom. The fourth-order valence-electron chi connectivity index (χ4n) is 1.72. The maximum atomic E-state index is 9.79. The summed E-state index contributed by atoms with van der Waals surface area (Å²) in [6, 6.07) is 10.0. The zero-order chi connectivity index (χ0) is 12.5. The molecule has 17 heavy (non-hydrogen) atoms. The summed E-state index contributed by atoms with van der Waals surface area (Å²) in [5, 5.41) is 9.79. The third-order valence-corrected chi connectivity index (χ3v) is 2.79. The van der Waals surface area contributed by atoms with Crippen LogP contribution in [0.25, 0.3) is 0 Å². The third-order valence-electron chi connectivity index (χ3n) is 2.79. The number of aliphatic hydroxyl groups is 1. The Balaban J connectivity index is 2.18. The van der Waals surface area contributed by atoms with Crippen molar-refractivity contribution < 1.29 is 9.84 Å². The predicted octanol–water partition coefficient (Wildman–Crippen LogP) is 1.91. The first-order valence-electron chi connectivity index (χ1n) is 6.28. The van der Waals surface area contributed by atoms with Gasteiger partial charge in [-0.1, -0.05) is 44.2 Å². The largest absolute Gasteiger partial charge is 0.389 e. The Morgan fingerprint density at radius 2 is 1.82 bits per heavy atom. The van der Waals surface area contributed by atoms with Crippen LogP contribution >= 0.6 is 0 Å². The molecule has 0 bridgehead atoms. The predicted molar refractivity (Wildman–Crippen MR) is 69.9 cm³/mol. The van der Waals surface area contributed by atoms with Crippen LogP contribution in [0.5, 0.6) is 0 Å². The van der Waals surface area contributed by atoms with E-state index in [2.05, 4.69) is 18.7 Å². The molecule has 1 unspecified atom stereocenters. The van der Waals surface area contributed by atoms with Gasteiger partial charge in [0.15, 0.2) is 0 Å². The molecule has 0 aliphatic rings. The van der Waals surface area contributed by atoms with E-state index in [4.69, 9.17) is 4.74 Å². The van der Waals surface area contributed by atoms with Gasteiger partial charge in [-0.05, 0) is 18.7 Å². The second-order valence-corrected chi connectivity index (χ2v) is 4.14. The van der Waals surface area contributed by atoms with Gasteiger partial charge in [0, 0.05) is 6.54 Å². The Morgan fingerprint density at radius 1 is 1.18 bits per heavy atom. The molecule has 0 saturated heterocycles. The topological polar surface area (TPSA) is 32.7 Å². The van der Waals surface area contributed by atoms with Crippen LogP contribution in [0.15, 0.2) is 30.3 Å². The minimum absolute atomic E-state index is 0.394. The van der Waals surface area contributed by atoms with Crippen LogP contribution in [0.3, 0.4) is 0 Å². The Bertz CT molecular complexity index is 286. The summed E-state index contributed by atoms with van der Waals surface area (Å²) >= 11 is 0. The van der Waals surface area contributed by atoms with Gasteiger partial charge in [0.1, 0.15) is 0 Å². The smallest absolute Gasteiger partial charge is 0.0900 e. The molecule has 1 aromatic rings. The van der Waals surface area contributed by atoms with Crippen LogP contribution in [0.1, 0.15) is 19.4 Å². The van der Waals surface area contributed by atoms with E-state index in [-0.39, 0.29) is 0 Å². The van der Waals surface area contributed by atoms with Crippen molar-refractivity contribution >= 4 is 0 Å². The molecule has 3 nitrogen and oxygen atoms in total. The number of ether oxygens (including phenoxy) is 1. The molecule has 0 aliphatic carbocycles. The third kappa shape index (κ3) is 5.82. The van der Waals surface area contributed by atoms with Gasteiger partial charge in [-0.3, -0.25) is 0 Å². The normalized spacial score (nSPS) is 12.9. The van der Waals surface area contributed by atoms with Gasteiger partial charge in [0.25, 0.3) is 0 Å². The number of benzene rings is 1. The number of hydrogen-bond acceptors (Lipinski definition) is 3. The summed E-state index contributed by atoms with van der Waals surface area (Å²) in [5.41, 5.74) is 1.14. The second kappa shape index (κ2) is 8.23. The molecule has 0 radical (unpaired) electrons. The Hall–Kier alpha value is -0.900. The van der Waals surface area contributed by atoms with E-state index in [1.165, 1.54) is 0 Å². The maximum absolute atomic E-state index is 9.79. The molecule has 0 fully saturated rings. The molecule has 3 heteroatoms. The lowest BCUT2D eigenvalue weighted by molar-refractivity contribution is 0.0114. The van der Waals surface area contributed by atoms with E-state index in [9.17, 15) is 5.11 Å². The van der Waals surface area contributed by atoms with E-state index in [1.807, 2.05) is 30.3 Å². The highest BCUT2D eigenvalue weighted by molar-refractivity contribution is 5.13. The summed E-state index contributed by atoms with van der Waals surface area (Å²) in [6.45, 7) is 7.77. The first-order chi connectivity index (χ1) is 8.26. The van der Waals surface area contributed by atoms with E-state index in [0.29, 0.717) is 19.8 Å². The highest BCUT2D eigenvalue weighted by Gasteiger charge is 2.08. The SMILES string of the molecule is CCN(CC)CC(O)COCc1ccccc1.